The van der Waals surface area contributed by atoms with Crippen LogP contribution in [0.2, 0.25) is 0 Å². The molecule has 2 rings (SSSR count). The van der Waals surface area contributed by atoms with Crippen molar-refractivity contribution in [1.82, 2.24) is 4.98 Å². The minimum Gasteiger partial charge on any atom is -0.394 e. The monoisotopic (exact) mass is 241 g/mol. The lowest BCUT2D eigenvalue weighted by molar-refractivity contribution is -0.0230. The van der Waals surface area contributed by atoms with Crippen LogP contribution in [-0.4, -0.2) is 45.2 Å². The van der Waals surface area contributed by atoms with Crippen LogP contribution in [0.5, 0.6) is 0 Å². The van der Waals surface area contributed by atoms with E-state index in [4.69, 9.17) is 9.84 Å². The molecular formula is C11H15NO5. The third-order valence-corrected chi connectivity index (χ3v) is 3.01. The minimum atomic E-state index is -1.13. The molecule has 0 spiro atoms. The van der Waals surface area contributed by atoms with E-state index in [9.17, 15) is 15.0 Å². The third-order valence-electron chi connectivity index (χ3n) is 3.01. The van der Waals surface area contributed by atoms with Gasteiger partial charge < -0.3 is 25.0 Å². The Balaban J connectivity index is 2.32. The topological polar surface area (TPSA) is 103 Å². The van der Waals surface area contributed by atoms with E-state index in [0.29, 0.717) is 11.3 Å². The molecule has 0 saturated carbocycles. The first kappa shape index (κ1) is 12.3. The van der Waals surface area contributed by atoms with Gasteiger partial charge in [0.1, 0.15) is 24.4 Å². The van der Waals surface area contributed by atoms with Crippen molar-refractivity contribution < 1.29 is 20.1 Å². The molecule has 17 heavy (non-hydrogen) atoms. The summed E-state index contributed by atoms with van der Waals surface area (Å²) in [6.07, 6.45) is -3.78. The predicted octanol–water partition coefficient (Wildman–Crippen LogP) is -1.16. The molecule has 0 aliphatic carbocycles. The fraction of sp³-hybridized carbons (Fsp3) is 0.545. The number of rotatable bonds is 2. The zero-order chi connectivity index (χ0) is 12.6. The van der Waals surface area contributed by atoms with Crippen LogP contribution < -0.4 is 5.56 Å². The average molecular weight is 241 g/mol. The van der Waals surface area contributed by atoms with E-state index in [-0.39, 0.29) is 12.2 Å². The summed E-state index contributed by atoms with van der Waals surface area (Å²) in [5.74, 6) is 0. The maximum absolute atomic E-state index is 11.1. The summed E-state index contributed by atoms with van der Waals surface area (Å²) < 4.78 is 5.37. The van der Waals surface area contributed by atoms with E-state index < -0.39 is 24.4 Å². The van der Waals surface area contributed by atoms with E-state index in [1.54, 1.807) is 13.0 Å². The van der Waals surface area contributed by atoms with Gasteiger partial charge in [0.05, 0.1) is 6.61 Å². The smallest absolute Gasteiger partial charge is 0.248 e. The number of hydrogen-bond donors (Lipinski definition) is 4. The quantitative estimate of drug-likeness (QED) is 0.523. The van der Waals surface area contributed by atoms with Gasteiger partial charge in [-0.25, -0.2) is 0 Å². The molecule has 1 saturated heterocycles. The normalized spacial score (nSPS) is 32.9. The summed E-state index contributed by atoms with van der Waals surface area (Å²) in [4.78, 5) is 13.7. The van der Waals surface area contributed by atoms with Crippen molar-refractivity contribution in [2.75, 3.05) is 6.61 Å². The maximum atomic E-state index is 11.1. The highest BCUT2D eigenvalue weighted by Gasteiger charge is 2.43. The Bertz CT molecular complexity index is 457. The van der Waals surface area contributed by atoms with E-state index in [1.807, 2.05) is 0 Å². The van der Waals surface area contributed by atoms with Crippen LogP contribution in [0.15, 0.2) is 16.9 Å². The Morgan fingerprint density at radius 2 is 2.06 bits per heavy atom. The largest absolute Gasteiger partial charge is 0.394 e. The van der Waals surface area contributed by atoms with Gasteiger partial charge in [0.25, 0.3) is 0 Å². The first-order valence-corrected chi connectivity index (χ1v) is 5.37. The number of aromatic amines is 1. The van der Waals surface area contributed by atoms with Gasteiger partial charge in [-0.15, -0.1) is 0 Å². The van der Waals surface area contributed by atoms with Crippen molar-refractivity contribution in [2.24, 2.45) is 0 Å². The lowest BCUT2D eigenvalue weighted by atomic mass is 10.0. The number of aliphatic hydroxyl groups is 3. The molecule has 1 aliphatic rings. The fourth-order valence-electron chi connectivity index (χ4n) is 2.05. The first-order chi connectivity index (χ1) is 8.04. The van der Waals surface area contributed by atoms with Crippen molar-refractivity contribution >= 4 is 0 Å². The lowest BCUT2D eigenvalue weighted by Gasteiger charge is -2.16. The molecule has 4 atom stereocenters. The van der Waals surface area contributed by atoms with Gasteiger partial charge in [-0.05, 0) is 13.0 Å². The SMILES string of the molecule is Cc1[nH]c(=O)ccc1[C@@H]1O[C@H](CO)[C@@H](O)[C@H]1O. The van der Waals surface area contributed by atoms with Crippen molar-refractivity contribution in [1.29, 1.82) is 0 Å². The average Bonchev–Trinajstić information content (AvgIpc) is 2.57. The Labute approximate surface area is 97.5 Å². The second-order valence-electron chi connectivity index (χ2n) is 4.16. The highest BCUT2D eigenvalue weighted by Crippen LogP contribution is 2.33. The Morgan fingerprint density at radius 3 is 2.59 bits per heavy atom. The van der Waals surface area contributed by atoms with Crippen LogP contribution in [0.1, 0.15) is 17.4 Å². The molecule has 0 radical (unpaired) electrons. The highest BCUT2D eigenvalue weighted by molar-refractivity contribution is 5.24. The van der Waals surface area contributed by atoms with E-state index in [0.717, 1.165) is 0 Å². The predicted molar refractivity (Wildman–Crippen MR) is 58.5 cm³/mol. The summed E-state index contributed by atoms with van der Waals surface area (Å²) in [5, 5.41) is 28.4. The number of aliphatic hydroxyl groups excluding tert-OH is 3. The minimum absolute atomic E-state index is 0.238. The lowest BCUT2D eigenvalue weighted by Crippen LogP contribution is -2.32. The van der Waals surface area contributed by atoms with Crippen LogP contribution in [0.3, 0.4) is 0 Å². The first-order valence-electron chi connectivity index (χ1n) is 5.37. The molecule has 2 heterocycles. The maximum Gasteiger partial charge on any atom is 0.248 e. The van der Waals surface area contributed by atoms with E-state index in [2.05, 4.69) is 4.98 Å². The molecule has 4 N–H and O–H groups in total. The molecule has 0 unspecified atom stereocenters. The number of nitrogens with one attached hydrogen (secondary N) is 1. The number of hydrogen-bond acceptors (Lipinski definition) is 5. The Kier molecular flexibility index (Phi) is 3.30. The van der Waals surface area contributed by atoms with E-state index >= 15 is 0 Å². The molecule has 1 aliphatic heterocycles. The number of aromatic nitrogens is 1. The summed E-state index contributed by atoms with van der Waals surface area (Å²) in [6.45, 7) is 1.32. The van der Waals surface area contributed by atoms with Gasteiger partial charge >= 0.3 is 0 Å². The van der Waals surface area contributed by atoms with E-state index in [1.165, 1.54) is 6.07 Å². The van der Waals surface area contributed by atoms with Crippen LogP contribution >= 0.6 is 0 Å². The van der Waals surface area contributed by atoms with Gasteiger partial charge in [-0.1, -0.05) is 0 Å². The van der Waals surface area contributed by atoms with Gasteiger partial charge in [-0.3, -0.25) is 4.79 Å². The third kappa shape index (κ3) is 2.12. The molecule has 0 aromatic carbocycles. The number of H-pyrrole nitrogens is 1. The standard InChI is InChI=1S/C11H15NO5/c1-5-6(2-3-8(14)12-5)11-10(16)9(15)7(4-13)17-11/h2-3,7,9-11,13,15-16H,4H2,1H3,(H,12,14)/t7-,9-,10-,11+/m1/s1. The number of pyridine rings is 1. The van der Waals surface area contributed by atoms with Crippen molar-refractivity contribution in [2.45, 2.75) is 31.3 Å². The molecule has 94 valence electrons. The number of ether oxygens (including phenoxy) is 1. The highest BCUT2D eigenvalue weighted by atomic mass is 16.6. The van der Waals surface area contributed by atoms with Gasteiger partial charge in [0, 0.05) is 17.3 Å². The Hall–Kier alpha value is -1.21. The van der Waals surface area contributed by atoms with Crippen LogP contribution in [0, 0.1) is 6.92 Å². The zero-order valence-corrected chi connectivity index (χ0v) is 9.33. The fourth-order valence-corrected chi connectivity index (χ4v) is 2.05. The van der Waals surface area contributed by atoms with Crippen LogP contribution in [0.25, 0.3) is 0 Å². The van der Waals surface area contributed by atoms with Crippen molar-refractivity contribution in [3.8, 4) is 0 Å². The summed E-state index contributed by atoms with van der Waals surface area (Å²) >= 11 is 0. The van der Waals surface area contributed by atoms with Crippen molar-refractivity contribution in [3.63, 3.8) is 0 Å². The second kappa shape index (κ2) is 4.58. The summed E-state index contributed by atoms with van der Waals surface area (Å²) in [5.41, 5.74) is 0.942. The van der Waals surface area contributed by atoms with Crippen LogP contribution in [-0.2, 0) is 4.74 Å². The van der Waals surface area contributed by atoms with Crippen molar-refractivity contribution in [3.05, 3.63) is 33.7 Å². The molecule has 1 aromatic heterocycles. The Morgan fingerprint density at radius 1 is 1.35 bits per heavy atom. The number of aryl methyl sites for hydroxylation is 1. The van der Waals surface area contributed by atoms with Gasteiger partial charge in [0.15, 0.2) is 0 Å². The molecular weight excluding hydrogens is 226 g/mol. The van der Waals surface area contributed by atoms with Crippen LogP contribution in [0.4, 0.5) is 0 Å². The molecule has 1 aromatic rings. The second-order valence-corrected chi connectivity index (χ2v) is 4.16. The molecule has 0 amide bonds. The summed E-state index contributed by atoms with van der Waals surface area (Å²) in [7, 11) is 0. The molecule has 0 bridgehead atoms. The van der Waals surface area contributed by atoms with Gasteiger partial charge in [0.2, 0.25) is 5.56 Å². The zero-order valence-electron chi connectivity index (χ0n) is 9.33. The molecule has 6 nitrogen and oxygen atoms in total. The van der Waals surface area contributed by atoms with Gasteiger partial charge in [-0.2, -0.15) is 0 Å². The summed E-state index contributed by atoms with van der Waals surface area (Å²) in [6, 6.07) is 2.88. The molecule has 1 fully saturated rings. The molecule has 6 heteroatoms.